The van der Waals surface area contributed by atoms with Crippen molar-refractivity contribution in [3.05, 3.63) is 0 Å². The van der Waals surface area contributed by atoms with Crippen LogP contribution in [-0.4, -0.2) is 22.3 Å². The zero-order valence-electron chi connectivity index (χ0n) is 11.8. The van der Waals surface area contributed by atoms with Gasteiger partial charge in [-0.3, -0.25) is 9.59 Å². The lowest BCUT2D eigenvalue weighted by Crippen LogP contribution is -2.60. The highest BCUT2D eigenvalue weighted by Gasteiger charge is 2.59. The van der Waals surface area contributed by atoms with Crippen molar-refractivity contribution in [2.45, 2.75) is 59.0 Å². The van der Waals surface area contributed by atoms with Gasteiger partial charge in [0.1, 0.15) is 11.6 Å². The summed E-state index contributed by atoms with van der Waals surface area (Å²) in [5.74, 6) is 0.0501. The summed E-state index contributed by atoms with van der Waals surface area (Å²) in [6, 6.07) is 0. The standard InChI is InChI=1S/C15H24O3/c1-9(2)10-5-7-14(3)11(16)6-8-15(4,18)13(14)12(10)17/h9-10,13,18H,5-8H2,1-4H3/t10-,13?,14-,15-/m0/s1. The fraction of sp³-hybridized carbons (Fsp3) is 0.867. The third kappa shape index (κ3) is 1.83. The lowest BCUT2D eigenvalue weighted by Gasteiger charge is -2.52. The molecule has 2 fully saturated rings. The number of carbonyl (C=O) groups excluding carboxylic acids is 2. The van der Waals surface area contributed by atoms with Crippen molar-refractivity contribution in [1.29, 1.82) is 0 Å². The summed E-state index contributed by atoms with van der Waals surface area (Å²) >= 11 is 0. The van der Waals surface area contributed by atoms with Gasteiger partial charge < -0.3 is 5.11 Å². The normalized spacial score (nSPS) is 45.2. The molecular formula is C15H24O3. The van der Waals surface area contributed by atoms with E-state index in [4.69, 9.17) is 0 Å². The molecule has 102 valence electrons. The maximum Gasteiger partial charge on any atom is 0.143 e. The Morgan fingerprint density at radius 3 is 2.39 bits per heavy atom. The van der Waals surface area contributed by atoms with Crippen LogP contribution in [0.5, 0.6) is 0 Å². The van der Waals surface area contributed by atoms with E-state index < -0.39 is 16.9 Å². The molecule has 0 bridgehead atoms. The molecule has 2 saturated carbocycles. The summed E-state index contributed by atoms with van der Waals surface area (Å²) in [5.41, 5.74) is -1.66. The molecule has 3 heteroatoms. The maximum absolute atomic E-state index is 12.7. The van der Waals surface area contributed by atoms with E-state index in [9.17, 15) is 14.7 Å². The second-order valence-corrected chi connectivity index (χ2v) is 6.92. The van der Waals surface area contributed by atoms with Gasteiger partial charge in [-0.25, -0.2) is 0 Å². The van der Waals surface area contributed by atoms with Gasteiger partial charge in [-0.15, -0.1) is 0 Å². The fourth-order valence-electron chi connectivity index (χ4n) is 4.02. The minimum atomic E-state index is -1.02. The molecule has 1 unspecified atom stereocenters. The van der Waals surface area contributed by atoms with Crippen LogP contribution in [0, 0.1) is 23.2 Å². The Morgan fingerprint density at radius 2 is 1.83 bits per heavy atom. The van der Waals surface area contributed by atoms with Crippen LogP contribution in [0.3, 0.4) is 0 Å². The van der Waals surface area contributed by atoms with Gasteiger partial charge in [0.15, 0.2) is 0 Å². The largest absolute Gasteiger partial charge is 0.389 e. The zero-order valence-corrected chi connectivity index (χ0v) is 11.8. The third-order valence-corrected chi connectivity index (χ3v) is 5.18. The van der Waals surface area contributed by atoms with Crippen molar-refractivity contribution >= 4 is 11.6 Å². The SMILES string of the molecule is CC(C)[C@@H]1CC[C@@]2(C)C(=O)CC[C@](C)(O)C2C1=O. The Kier molecular flexibility index (Phi) is 3.17. The lowest BCUT2D eigenvalue weighted by molar-refractivity contribution is -0.171. The Balaban J connectivity index is 2.41. The predicted molar refractivity (Wildman–Crippen MR) is 69.0 cm³/mol. The van der Waals surface area contributed by atoms with Crippen LogP contribution in [-0.2, 0) is 9.59 Å². The zero-order chi connectivity index (χ0) is 13.7. The first kappa shape index (κ1) is 13.7. The van der Waals surface area contributed by atoms with Gasteiger partial charge in [-0.2, -0.15) is 0 Å². The van der Waals surface area contributed by atoms with E-state index in [1.807, 2.05) is 20.8 Å². The van der Waals surface area contributed by atoms with Gasteiger partial charge in [-0.1, -0.05) is 20.8 Å². The first-order chi connectivity index (χ1) is 8.20. The molecule has 0 heterocycles. The van der Waals surface area contributed by atoms with Gasteiger partial charge in [-0.05, 0) is 32.1 Å². The van der Waals surface area contributed by atoms with E-state index in [-0.39, 0.29) is 23.4 Å². The van der Waals surface area contributed by atoms with Crippen molar-refractivity contribution in [2.75, 3.05) is 0 Å². The molecule has 0 aliphatic heterocycles. The first-order valence-electron chi connectivity index (χ1n) is 6.99. The van der Waals surface area contributed by atoms with Crippen LogP contribution in [0.25, 0.3) is 0 Å². The molecule has 0 radical (unpaired) electrons. The Labute approximate surface area is 109 Å². The monoisotopic (exact) mass is 252 g/mol. The number of ketones is 2. The van der Waals surface area contributed by atoms with Gasteiger partial charge in [0.05, 0.1) is 11.5 Å². The van der Waals surface area contributed by atoms with E-state index in [0.29, 0.717) is 12.8 Å². The van der Waals surface area contributed by atoms with Crippen molar-refractivity contribution in [1.82, 2.24) is 0 Å². The van der Waals surface area contributed by atoms with Crippen LogP contribution < -0.4 is 0 Å². The van der Waals surface area contributed by atoms with E-state index in [2.05, 4.69) is 0 Å². The molecule has 0 aromatic carbocycles. The average molecular weight is 252 g/mol. The number of Topliss-reactive ketones (excluding diaryl/α,β-unsaturated/α-hetero) is 2. The Morgan fingerprint density at radius 1 is 1.22 bits per heavy atom. The van der Waals surface area contributed by atoms with Crippen LogP contribution in [0.15, 0.2) is 0 Å². The molecule has 18 heavy (non-hydrogen) atoms. The highest BCUT2D eigenvalue weighted by molar-refractivity contribution is 5.96. The first-order valence-corrected chi connectivity index (χ1v) is 6.99. The molecule has 0 aromatic rings. The summed E-state index contributed by atoms with van der Waals surface area (Å²) in [6.45, 7) is 7.69. The van der Waals surface area contributed by atoms with Crippen molar-refractivity contribution in [3.63, 3.8) is 0 Å². The number of carbonyl (C=O) groups is 2. The molecule has 2 aliphatic carbocycles. The molecule has 1 N–H and O–H groups in total. The van der Waals surface area contributed by atoms with E-state index in [1.54, 1.807) is 6.92 Å². The molecular weight excluding hydrogens is 228 g/mol. The number of fused-ring (bicyclic) bond motifs is 1. The van der Waals surface area contributed by atoms with Crippen LogP contribution in [0.2, 0.25) is 0 Å². The van der Waals surface area contributed by atoms with Crippen LogP contribution in [0.1, 0.15) is 53.4 Å². The third-order valence-electron chi connectivity index (χ3n) is 5.18. The quantitative estimate of drug-likeness (QED) is 0.779. The van der Waals surface area contributed by atoms with E-state index in [0.717, 1.165) is 12.8 Å². The van der Waals surface area contributed by atoms with Gasteiger partial charge >= 0.3 is 0 Å². The topological polar surface area (TPSA) is 54.4 Å². The average Bonchev–Trinajstić information content (AvgIpc) is 2.23. The summed E-state index contributed by atoms with van der Waals surface area (Å²) in [7, 11) is 0. The fourth-order valence-corrected chi connectivity index (χ4v) is 4.02. The molecule has 0 spiro atoms. The predicted octanol–water partition coefficient (Wildman–Crippen LogP) is 2.36. The van der Waals surface area contributed by atoms with E-state index >= 15 is 0 Å². The smallest absolute Gasteiger partial charge is 0.143 e. The summed E-state index contributed by atoms with van der Waals surface area (Å²) in [5, 5.41) is 10.5. The number of aliphatic hydroxyl groups is 1. The highest BCUT2D eigenvalue weighted by atomic mass is 16.3. The summed E-state index contributed by atoms with van der Waals surface area (Å²) < 4.78 is 0. The van der Waals surface area contributed by atoms with Gasteiger partial charge in [0, 0.05) is 17.8 Å². The number of hydrogen-bond acceptors (Lipinski definition) is 3. The second-order valence-electron chi connectivity index (χ2n) is 6.92. The lowest BCUT2D eigenvalue weighted by atomic mass is 9.51. The summed E-state index contributed by atoms with van der Waals surface area (Å²) in [6.07, 6.45) is 2.34. The molecule has 3 nitrogen and oxygen atoms in total. The van der Waals surface area contributed by atoms with E-state index in [1.165, 1.54) is 0 Å². The van der Waals surface area contributed by atoms with Crippen LogP contribution >= 0.6 is 0 Å². The molecule has 2 rings (SSSR count). The maximum atomic E-state index is 12.7. The van der Waals surface area contributed by atoms with Crippen LogP contribution in [0.4, 0.5) is 0 Å². The molecule has 0 aromatic heterocycles. The molecule has 2 aliphatic rings. The van der Waals surface area contributed by atoms with Crippen molar-refractivity contribution in [3.8, 4) is 0 Å². The Hall–Kier alpha value is -0.700. The van der Waals surface area contributed by atoms with Crippen molar-refractivity contribution < 1.29 is 14.7 Å². The minimum absolute atomic E-state index is 0.000417. The minimum Gasteiger partial charge on any atom is -0.389 e. The highest BCUT2D eigenvalue weighted by Crippen LogP contribution is 2.52. The number of hydrogen-bond donors (Lipinski definition) is 1. The number of rotatable bonds is 1. The molecule has 0 amide bonds. The van der Waals surface area contributed by atoms with Gasteiger partial charge in [0.25, 0.3) is 0 Å². The van der Waals surface area contributed by atoms with Gasteiger partial charge in [0.2, 0.25) is 0 Å². The second kappa shape index (κ2) is 4.16. The Bertz CT molecular complexity index is 383. The molecule has 4 atom stereocenters. The molecule has 0 saturated heterocycles. The summed E-state index contributed by atoms with van der Waals surface area (Å²) in [4.78, 5) is 24.9. The van der Waals surface area contributed by atoms with Crippen molar-refractivity contribution in [2.24, 2.45) is 23.2 Å².